The number of carbonyl (C=O) groups is 2. The molecule has 0 radical (unpaired) electrons. The molecule has 144 valence electrons. The van der Waals surface area contributed by atoms with E-state index < -0.39 is 0 Å². The molecule has 6 nitrogen and oxygen atoms in total. The smallest absolute Gasteiger partial charge is 0.251 e. The molecule has 1 aliphatic rings. The van der Waals surface area contributed by atoms with Crippen LogP contribution >= 0.6 is 0 Å². The van der Waals surface area contributed by atoms with Crippen molar-refractivity contribution in [1.29, 1.82) is 0 Å². The molecule has 26 heavy (non-hydrogen) atoms. The highest BCUT2D eigenvalue weighted by atomic mass is 19.1. The number of hydrogen-bond donors (Lipinski definition) is 2. The lowest BCUT2D eigenvalue weighted by atomic mass is 9.98. The van der Waals surface area contributed by atoms with Crippen molar-refractivity contribution in [2.45, 2.75) is 19.3 Å². The molecule has 2 rings (SSSR count). The van der Waals surface area contributed by atoms with E-state index in [1.165, 1.54) is 24.3 Å². The predicted octanol–water partition coefficient (Wildman–Crippen LogP) is 1.42. The maximum atomic E-state index is 12.8. The van der Waals surface area contributed by atoms with Gasteiger partial charge in [0.15, 0.2) is 0 Å². The number of nitrogens with zero attached hydrogens (tertiary/aromatic N) is 1. The van der Waals surface area contributed by atoms with Gasteiger partial charge in [0.1, 0.15) is 5.82 Å². The maximum Gasteiger partial charge on any atom is 0.251 e. The van der Waals surface area contributed by atoms with Crippen molar-refractivity contribution >= 4 is 11.8 Å². The van der Waals surface area contributed by atoms with E-state index in [2.05, 4.69) is 15.5 Å². The molecule has 1 fully saturated rings. The largest absolute Gasteiger partial charge is 0.383 e. The van der Waals surface area contributed by atoms with E-state index in [1.807, 2.05) is 0 Å². The summed E-state index contributed by atoms with van der Waals surface area (Å²) in [7, 11) is 1.70. The first kappa shape index (κ1) is 20.3. The van der Waals surface area contributed by atoms with Crippen molar-refractivity contribution in [2.24, 2.45) is 5.92 Å². The van der Waals surface area contributed by atoms with Crippen LogP contribution in [0.1, 0.15) is 29.6 Å². The number of ether oxygens (including phenoxy) is 1. The third-order valence-corrected chi connectivity index (χ3v) is 4.55. The van der Waals surface area contributed by atoms with Crippen LogP contribution in [0, 0.1) is 11.7 Å². The van der Waals surface area contributed by atoms with Crippen LogP contribution in [0.15, 0.2) is 24.3 Å². The summed E-state index contributed by atoms with van der Waals surface area (Å²) < 4.78 is 18.0. The molecular formula is C19H28FN3O3. The van der Waals surface area contributed by atoms with E-state index in [-0.39, 0.29) is 30.6 Å². The Morgan fingerprint density at radius 3 is 2.77 bits per heavy atom. The van der Waals surface area contributed by atoms with E-state index in [1.54, 1.807) is 7.11 Å². The maximum absolute atomic E-state index is 12.8. The summed E-state index contributed by atoms with van der Waals surface area (Å²) in [6, 6.07) is 5.32. The Bertz CT molecular complexity index is 580. The average Bonchev–Trinajstić information content (AvgIpc) is 2.65. The summed E-state index contributed by atoms with van der Waals surface area (Å²) in [5, 5.41) is 5.63. The molecule has 0 bridgehead atoms. The summed E-state index contributed by atoms with van der Waals surface area (Å²) in [5.41, 5.74) is 0.380. The molecule has 0 unspecified atom stereocenters. The van der Waals surface area contributed by atoms with Crippen molar-refractivity contribution in [3.8, 4) is 0 Å². The molecule has 2 amide bonds. The van der Waals surface area contributed by atoms with Crippen LogP contribution in [-0.4, -0.2) is 63.2 Å². The fraction of sp³-hybridized carbons (Fsp3) is 0.579. The molecule has 1 aromatic carbocycles. The molecular weight excluding hydrogens is 337 g/mol. The van der Waals surface area contributed by atoms with Crippen molar-refractivity contribution < 1.29 is 18.7 Å². The lowest BCUT2D eigenvalue weighted by Gasteiger charge is -2.32. The molecule has 1 aliphatic heterocycles. The van der Waals surface area contributed by atoms with Gasteiger partial charge in [0.2, 0.25) is 5.91 Å². The van der Waals surface area contributed by atoms with E-state index in [4.69, 9.17) is 4.74 Å². The Hall–Kier alpha value is -1.99. The SMILES string of the molecule is COCCN1CCC[C@@H](CNC(=O)CCNC(=O)c2ccc(F)cc2)C1. The lowest BCUT2D eigenvalue weighted by molar-refractivity contribution is -0.121. The Labute approximate surface area is 154 Å². The molecule has 1 heterocycles. The highest BCUT2D eigenvalue weighted by Gasteiger charge is 2.20. The molecule has 0 saturated carbocycles. The fourth-order valence-corrected chi connectivity index (χ4v) is 3.08. The Kier molecular flexibility index (Phi) is 8.50. The van der Waals surface area contributed by atoms with Crippen LogP contribution in [0.2, 0.25) is 0 Å². The van der Waals surface area contributed by atoms with Gasteiger partial charge in [0.05, 0.1) is 6.61 Å². The number of benzene rings is 1. The van der Waals surface area contributed by atoms with Crippen LogP contribution in [0.4, 0.5) is 4.39 Å². The number of likely N-dealkylation sites (tertiary alicyclic amines) is 1. The van der Waals surface area contributed by atoms with Gasteiger partial charge in [-0.3, -0.25) is 9.59 Å². The summed E-state index contributed by atoms with van der Waals surface area (Å²) in [6.07, 6.45) is 2.48. The number of nitrogens with one attached hydrogen (secondary N) is 2. The third kappa shape index (κ3) is 7.09. The summed E-state index contributed by atoms with van der Waals surface area (Å²) in [5.74, 6) is -0.305. The Balaban J connectivity index is 1.61. The zero-order valence-corrected chi connectivity index (χ0v) is 15.3. The zero-order chi connectivity index (χ0) is 18.8. The standard InChI is InChI=1S/C19H28FN3O3/c1-26-12-11-23-10-2-3-15(14-23)13-22-18(24)8-9-21-19(25)16-4-6-17(20)7-5-16/h4-7,15H,2-3,8-14H2,1H3,(H,21,25)(H,22,24)/t15-/m0/s1. The first-order valence-corrected chi connectivity index (χ1v) is 9.10. The van der Waals surface area contributed by atoms with Crippen molar-refractivity contribution in [3.05, 3.63) is 35.6 Å². The molecule has 1 aromatic rings. The fourth-order valence-electron chi connectivity index (χ4n) is 3.08. The quantitative estimate of drug-likeness (QED) is 0.694. The highest BCUT2D eigenvalue weighted by molar-refractivity contribution is 5.94. The normalized spacial score (nSPS) is 17.7. The minimum Gasteiger partial charge on any atom is -0.383 e. The number of carbonyl (C=O) groups excluding carboxylic acids is 2. The minimum absolute atomic E-state index is 0.0709. The monoisotopic (exact) mass is 365 g/mol. The van der Waals surface area contributed by atoms with E-state index in [9.17, 15) is 14.0 Å². The molecule has 1 atom stereocenters. The number of methoxy groups -OCH3 is 1. The first-order valence-electron chi connectivity index (χ1n) is 9.10. The van der Waals surface area contributed by atoms with Crippen molar-refractivity contribution in [2.75, 3.05) is 46.4 Å². The number of halogens is 1. The van der Waals surface area contributed by atoms with Gasteiger partial charge < -0.3 is 20.3 Å². The molecule has 0 spiro atoms. The van der Waals surface area contributed by atoms with E-state index >= 15 is 0 Å². The van der Waals surface area contributed by atoms with E-state index in [0.717, 1.165) is 39.1 Å². The van der Waals surface area contributed by atoms with Gasteiger partial charge in [-0.2, -0.15) is 0 Å². The Morgan fingerprint density at radius 2 is 2.04 bits per heavy atom. The number of piperidine rings is 1. The van der Waals surface area contributed by atoms with Crippen LogP contribution in [0.25, 0.3) is 0 Å². The van der Waals surface area contributed by atoms with Crippen LogP contribution in [0.3, 0.4) is 0 Å². The Morgan fingerprint density at radius 1 is 1.27 bits per heavy atom. The van der Waals surface area contributed by atoms with Crippen molar-refractivity contribution in [3.63, 3.8) is 0 Å². The second kappa shape index (κ2) is 10.9. The lowest BCUT2D eigenvalue weighted by Crippen LogP contribution is -2.42. The van der Waals surface area contributed by atoms with Crippen LogP contribution in [0.5, 0.6) is 0 Å². The molecule has 0 aromatic heterocycles. The highest BCUT2D eigenvalue weighted by Crippen LogP contribution is 2.15. The van der Waals surface area contributed by atoms with Crippen molar-refractivity contribution in [1.82, 2.24) is 15.5 Å². The average molecular weight is 365 g/mol. The number of amides is 2. The van der Waals surface area contributed by atoms with Gasteiger partial charge in [-0.25, -0.2) is 4.39 Å². The summed E-state index contributed by atoms with van der Waals surface area (Å²) in [6.45, 7) is 4.64. The second-order valence-electron chi connectivity index (χ2n) is 6.62. The minimum atomic E-state index is -0.385. The zero-order valence-electron chi connectivity index (χ0n) is 15.3. The topological polar surface area (TPSA) is 70.7 Å². The number of hydrogen-bond acceptors (Lipinski definition) is 4. The molecule has 1 saturated heterocycles. The van der Waals surface area contributed by atoms with Crippen LogP contribution in [-0.2, 0) is 9.53 Å². The molecule has 0 aliphatic carbocycles. The molecule has 2 N–H and O–H groups in total. The molecule has 7 heteroatoms. The van der Waals surface area contributed by atoms with Gasteiger partial charge in [-0.15, -0.1) is 0 Å². The van der Waals surface area contributed by atoms with Gasteiger partial charge in [0, 0.05) is 45.3 Å². The van der Waals surface area contributed by atoms with Gasteiger partial charge in [0.25, 0.3) is 5.91 Å². The first-order chi connectivity index (χ1) is 12.6. The van der Waals surface area contributed by atoms with Gasteiger partial charge in [-0.05, 0) is 49.6 Å². The van der Waals surface area contributed by atoms with Gasteiger partial charge in [-0.1, -0.05) is 0 Å². The van der Waals surface area contributed by atoms with Crippen LogP contribution < -0.4 is 10.6 Å². The van der Waals surface area contributed by atoms with Gasteiger partial charge >= 0.3 is 0 Å². The predicted molar refractivity (Wildman–Crippen MR) is 97.4 cm³/mol. The number of rotatable bonds is 9. The summed E-state index contributed by atoms with van der Waals surface area (Å²) >= 11 is 0. The summed E-state index contributed by atoms with van der Waals surface area (Å²) in [4.78, 5) is 26.2. The van der Waals surface area contributed by atoms with E-state index in [0.29, 0.717) is 18.0 Å². The third-order valence-electron chi connectivity index (χ3n) is 4.55. The second-order valence-corrected chi connectivity index (χ2v) is 6.62.